The molecule has 0 bridgehead atoms. The van der Waals surface area contributed by atoms with Gasteiger partial charge in [-0.2, -0.15) is 0 Å². The van der Waals surface area contributed by atoms with Crippen molar-refractivity contribution in [3.63, 3.8) is 0 Å². The van der Waals surface area contributed by atoms with Crippen LogP contribution in [0.15, 0.2) is 18.2 Å². The molecule has 2 atom stereocenters. The highest BCUT2D eigenvalue weighted by atomic mass is 35.5. The van der Waals surface area contributed by atoms with Gasteiger partial charge in [0.15, 0.2) is 0 Å². The number of amides is 1. The maximum Gasteiger partial charge on any atom is 0.481 e. The summed E-state index contributed by atoms with van der Waals surface area (Å²) in [6, 6.07) is 3.38. The Kier molecular flexibility index (Phi) is 9.85. The van der Waals surface area contributed by atoms with Crippen LogP contribution in [0.2, 0.25) is 5.02 Å². The van der Waals surface area contributed by atoms with Crippen molar-refractivity contribution in [2.75, 3.05) is 20.3 Å². The first-order valence-electron chi connectivity index (χ1n) is 9.45. The standard InChI is InChI=1S/C19H29BClFN2O5.ClH/c1-18(2)19(3,4)29-20(28-18)16(24-17(25)15(23)11-26-5)8-9-27-12-6-7-13(21)14(22)10-12;/h6-7,10,15-16H,8-9,11,23H2,1-5H3,(H,24,25);1H. The number of carbonyl (C=O) groups excluding carboxylic acids is 1. The Morgan fingerprint density at radius 3 is 2.43 bits per heavy atom. The zero-order valence-electron chi connectivity index (χ0n) is 17.9. The molecule has 1 aliphatic heterocycles. The van der Waals surface area contributed by atoms with E-state index in [1.807, 2.05) is 27.7 Å². The number of halogens is 3. The lowest BCUT2D eigenvalue weighted by Gasteiger charge is -2.32. The predicted molar refractivity (Wildman–Crippen MR) is 117 cm³/mol. The van der Waals surface area contributed by atoms with Gasteiger partial charge in [-0.05, 0) is 39.8 Å². The molecule has 30 heavy (non-hydrogen) atoms. The van der Waals surface area contributed by atoms with Crippen molar-refractivity contribution >= 4 is 37.0 Å². The van der Waals surface area contributed by atoms with Gasteiger partial charge in [0.25, 0.3) is 0 Å². The number of hydrogen-bond donors (Lipinski definition) is 2. The molecule has 0 saturated carbocycles. The minimum Gasteiger partial charge on any atom is -0.493 e. The number of nitrogens with one attached hydrogen (secondary N) is 1. The molecule has 1 aromatic carbocycles. The second-order valence-corrected chi connectivity index (χ2v) is 8.42. The number of carbonyl (C=O) groups is 1. The second-order valence-electron chi connectivity index (χ2n) is 8.01. The Balaban J connectivity index is 0.00000450. The van der Waals surface area contributed by atoms with E-state index in [2.05, 4.69) is 5.32 Å². The fourth-order valence-corrected chi connectivity index (χ4v) is 2.86. The predicted octanol–water partition coefficient (Wildman–Crippen LogP) is 2.76. The van der Waals surface area contributed by atoms with Crippen molar-refractivity contribution in [2.45, 2.75) is 57.3 Å². The van der Waals surface area contributed by atoms with Crippen LogP contribution in [0.4, 0.5) is 4.39 Å². The van der Waals surface area contributed by atoms with Crippen LogP contribution in [0.1, 0.15) is 34.1 Å². The maximum absolute atomic E-state index is 13.6. The van der Waals surface area contributed by atoms with E-state index in [-0.39, 0.29) is 36.6 Å². The van der Waals surface area contributed by atoms with E-state index in [0.29, 0.717) is 12.2 Å². The van der Waals surface area contributed by atoms with Gasteiger partial charge in [0.2, 0.25) is 5.91 Å². The summed E-state index contributed by atoms with van der Waals surface area (Å²) in [4.78, 5) is 12.4. The average molecular weight is 467 g/mol. The largest absolute Gasteiger partial charge is 0.493 e. The van der Waals surface area contributed by atoms with Gasteiger partial charge in [0, 0.05) is 19.6 Å². The Morgan fingerprint density at radius 1 is 1.30 bits per heavy atom. The topological polar surface area (TPSA) is 92.0 Å². The number of methoxy groups -OCH3 is 1. The molecule has 2 rings (SSSR count). The number of nitrogens with two attached hydrogens (primary N) is 1. The Hall–Kier alpha value is -1.10. The van der Waals surface area contributed by atoms with E-state index in [4.69, 9.17) is 36.1 Å². The van der Waals surface area contributed by atoms with Crippen molar-refractivity contribution in [1.82, 2.24) is 5.32 Å². The van der Waals surface area contributed by atoms with Crippen LogP contribution in [0, 0.1) is 5.82 Å². The quantitative estimate of drug-likeness (QED) is 0.543. The highest BCUT2D eigenvalue weighted by Gasteiger charge is 2.54. The van der Waals surface area contributed by atoms with Crippen LogP contribution in [0.25, 0.3) is 0 Å². The number of benzene rings is 1. The summed E-state index contributed by atoms with van der Waals surface area (Å²) in [7, 11) is 0.780. The van der Waals surface area contributed by atoms with E-state index in [1.54, 1.807) is 6.07 Å². The fourth-order valence-electron chi connectivity index (χ4n) is 2.74. The van der Waals surface area contributed by atoms with E-state index < -0.39 is 36.1 Å². The monoisotopic (exact) mass is 466 g/mol. The molecular weight excluding hydrogens is 437 g/mol. The number of ether oxygens (including phenoxy) is 2. The number of hydrogen-bond acceptors (Lipinski definition) is 6. The smallest absolute Gasteiger partial charge is 0.481 e. The summed E-state index contributed by atoms with van der Waals surface area (Å²) in [6.45, 7) is 7.98. The molecule has 11 heteroatoms. The molecule has 0 spiro atoms. The normalized spacial score (nSPS) is 19.0. The zero-order valence-corrected chi connectivity index (χ0v) is 19.4. The van der Waals surface area contributed by atoms with Crippen molar-refractivity contribution in [2.24, 2.45) is 5.73 Å². The summed E-state index contributed by atoms with van der Waals surface area (Å²) in [5.74, 6) is -1.14. The van der Waals surface area contributed by atoms with Crippen LogP contribution in [0.5, 0.6) is 5.75 Å². The molecule has 0 aliphatic carbocycles. The molecule has 1 saturated heterocycles. The summed E-state index contributed by atoms with van der Waals surface area (Å²) >= 11 is 5.68. The average Bonchev–Trinajstić information content (AvgIpc) is 2.84. The summed E-state index contributed by atoms with van der Waals surface area (Å²) < 4.78 is 36.3. The van der Waals surface area contributed by atoms with Gasteiger partial charge < -0.3 is 29.8 Å². The lowest BCUT2D eigenvalue weighted by atomic mass is 9.76. The van der Waals surface area contributed by atoms with Crippen LogP contribution in [-0.4, -0.2) is 56.5 Å². The molecule has 1 aromatic rings. The van der Waals surface area contributed by atoms with Crippen molar-refractivity contribution in [3.05, 3.63) is 29.0 Å². The van der Waals surface area contributed by atoms with Crippen molar-refractivity contribution in [3.8, 4) is 5.75 Å². The molecular formula is C19H30BCl2FN2O5. The first kappa shape index (κ1) is 26.9. The van der Waals surface area contributed by atoms with Crippen molar-refractivity contribution < 1.29 is 28.0 Å². The summed E-state index contributed by atoms with van der Waals surface area (Å²) in [5.41, 5.74) is 4.71. The Morgan fingerprint density at radius 2 is 1.90 bits per heavy atom. The van der Waals surface area contributed by atoms with Gasteiger partial charge in [-0.3, -0.25) is 4.79 Å². The first-order chi connectivity index (χ1) is 13.5. The third-order valence-corrected chi connectivity index (χ3v) is 5.51. The Labute approximate surface area is 188 Å². The zero-order chi connectivity index (χ0) is 21.8. The Bertz CT molecular complexity index is 710. The molecule has 7 nitrogen and oxygen atoms in total. The molecule has 1 heterocycles. The number of rotatable bonds is 9. The molecule has 3 N–H and O–H groups in total. The summed E-state index contributed by atoms with van der Waals surface area (Å²) in [5, 5.41) is 2.88. The molecule has 1 fully saturated rings. The van der Waals surface area contributed by atoms with Crippen LogP contribution >= 0.6 is 24.0 Å². The van der Waals surface area contributed by atoms with Crippen LogP contribution in [-0.2, 0) is 18.8 Å². The molecule has 1 aliphatic rings. The third-order valence-electron chi connectivity index (χ3n) is 5.20. The van der Waals surface area contributed by atoms with E-state index in [0.717, 1.165) is 0 Å². The minimum absolute atomic E-state index is 0. The maximum atomic E-state index is 13.6. The van der Waals surface area contributed by atoms with E-state index in [9.17, 15) is 9.18 Å². The van der Waals surface area contributed by atoms with E-state index >= 15 is 0 Å². The van der Waals surface area contributed by atoms with E-state index in [1.165, 1.54) is 19.2 Å². The highest BCUT2D eigenvalue weighted by Crippen LogP contribution is 2.37. The molecule has 170 valence electrons. The van der Waals surface area contributed by atoms with Crippen LogP contribution in [0.3, 0.4) is 0 Å². The van der Waals surface area contributed by atoms with Gasteiger partial charge in [0.05, 0.1) is 35.4 Å². The lowest BCUT2D eigenvalue weighted by molar-refractivity contribution is -0.123. The first-order valence-corrected chi connectivity index (χ1v) is 9.83. The molecule has 0 aromatic heterocycles. The van der Waals surface area contributed by atoms with Gasteiger partial charge in [0.1, 0.15) is 17.6 Å². The minimum atomic E-state index is -0.823. The SMILES string of the molecule is COCC(N)C(=O)NC(CCOc1ccc(Cl)c(F)c1)B1OC(C)(C)C(C)(C)O1.Cl. The third kappa shape index (κ3) is 6.70. The van der Waals surface area contributed by atoms with Gasteiger partial charge in [-0.25, -0.2) is 4.39 Å². The van der Waals surface area contributed by atoms with Gasteiger partial charge in [-0.15, -0.1) is 12.4 Å². The lowest BCUT2D eigenvalue weighted by Crippen LogP contribution is -2.54. The highest BCUT2D eigenvalue weighted by molar-refractivity contribution is 6.48. The molecule has 2 unspecified atom stereocenters. The van der Waals surface area contributed by atoms with Crippen LogP contribution < -0.4 is 15.8 Å². The second kappa shape index (κ2) is 11.0. The summed E-state index contributed by atoms with van der Waals surface area (Å²) in [6.07, 6.45) is 0.354. The molecule has 0 radical (unpaired) electrons. The van der Waals surface area contributed by atoms with Gasteiger partial charge in [-0.1, -0.05) is 11.6 Å². The van der Waals surface area contributed by atoms with Crippen molar-refractivity contribution in [1.29, 1.82) is 0 Å². The fraction of sp³-hybridized carbons (Fsp3) is 0.632. The molecule has 1 amide bonds. The van der Waals surface area contributed by atoms with Gasteiger partial charge >= 0.3 is 7.12 Å².